The Morgan fingerprint density at radius 1 is 1.33 bits per heavy atom. The minimum atomic E-state index is -0.200. The van der Waals surface area contributed by atoms with E-state index < -0.39 is 0 Å². The molecule has 0 atom stereocenters. The van der Waals surface area contributed by atoms with Gasteiger partial charge in [-0.1, -0.05) is 17.9 Å². The van der Waals surface area contributed by atoms with Crippen LogP contribution in [0.2, 0.25) is 0 Å². The van der Waals surface area contributed by atoms with Crippen LogP contribution < -0.4 is 5.32 Å². The van der Waals surface area contributed by atoms with Gasteiger partial charge in [-0.2, -0.15) is 0 Å². The Morgan fingerprint density at radius 2 is 2.14 bits per heavy atom. The summed E-state index contributed by atoms with van der Waals surface area (Å²) in [5, 5.41) is 11.5. The molecule has 1 rings (SSSR count). The van der Waals surface area contributed by atoms with Gasteiger partial charge in [0.2, 0.25) is 0 Å². The summed E-state index contributed by atoms with van der Waals surface area (Å²) in [7, 11) is 1.61. The first-order valence-electron chi connectivity index (χ1n) is 6.75. The average molecular weight is 291 g/mol. The van der Waals surface area contributed by atoms with E-state index in [0.717, 1.165) is 11.1 Å². The highest BCUT2D eigenvalue weighted by atomic mass is 16.5. The molecule has 0 aliphatic carbocycles. The predicted molar refractivity (Wildman–Crippen MR) is 80.2 cm³/mol. The number of benzene rings is 1. The number of aliphatic hydroxyl groups is 1. The van der Waals surface area contributed by atoms with Crippen LogP contribution in [0.15, 0.2) is 18.2 Å². The molecule has 0 aromatic heterocycles. The van der Waals surface area contributed by atoms with Crippen LogP contribution in [-0.2, 0) is 9.47 Å². The van der Waals surface area contributed by atoms with Crippen LogP contribution >= 0.6 is 0 Å². The van der Waals surface area contributed by atoms with Gasteiger partial charge in [0.1, 0.15) is 6.61 Å². The van der Waals surface area contributed by atoms with Gasteiger partial charge in [-0.3, -0.25) is 4.79 Å². The maximum Gasteiger partial charge on any atom is 0.251 e. The normalized spacial score (nSPS) is 9.86. The topological polar surface area (TPSA) is 67.8 Å². The molecular formula is C16H21NO4. The molecule has 0 fully saturated rings. The minimum Gasteiger partial charge on any atom is -0.384 e. The predicted octanol–water partition coefficient (Wildman–Crippen LogP) is 0.732. The van der Waals surface area contributed by atoms with Gasteiger partial charge in [0.25, 0.3) is 5.91 Å². The number of hydrogen-bond donors (Lipinski definition) is 2. The van der Waals surface area contributed by atoms with Crippen LogP contribution in [0.5, 0.6) is 0 Å². The zero-order valence-electron chi connectivity index (χ0n) is 12.4. The van der Waals surface area contributed by atoms with E-state index in [2.05, 4.69) is 17.2 Å². The molecule has 114 valence electrons. The SMILES string of the molecule is COCCOCCNC(=O)c1cccc(C#CCO)c1C. The summed E-state index contributed by atoms with van der Waals surface area (Å²) in [5.41, 5.74) is 2.13. The Bertz CT molecular complexity index is 517. The number of carbonyl (C=O) groups excluding carboxylic acids is 1. The maximum absolute atomic E-state index is 12.1. The molecule has 0 aliphatic rings. The van der Waals surface area contributed by atoms with E-state index in [1.807, 2.05) is 13.0 Å². The summed E-state index contributed by atoms with van der Waals surface area (Å²) < 4.78 is 10.1. The van der Waals surface area contributed by atoms with Crippen molar-refractivity contribution in [2.24, 2.45) is 0 Å². The monoisotopic (exact) mass is 291 g/mol. The second-order valence-electron chi connectivity index (χ2n) is 4.30. The second-order valence-corrected chi connectivity index (χ2v) is 4.30. The number of aliphatic hydroxyl groups excluding tert-OH is 1. The van der Waals surface area contributed by atoms with Gasteiger partial charge >= 0.3 is 0 Å². The van der Waals surface area contributed by atoms with E-state index in [4.69, 9.17) is 14.6 Å². The van der Waals surface area contributed by atoms with Crippen molar-refractivity contribution >= 4 is 5.91 Å². The molecule has 0 radical (unpaired) electrons. The van der Waals surface area contributed by atoms with Gasteiger partial charge in [-0.15, -0.1) is 0 Å². The molecule has 0 heterocycles. The lowest BCUT2D eigenvalue weighted by molar-refractivity contribution is 0.0692. The molecule has 1 aromatic rings. The summed E-state index contributed by atoms with van der Waals surface area (Å²) in [6, 6.07) is 5.35. The van der Waals surface area contributed by atoms with Gasteiger partial charge in [-0.05, 0) is 24.6 Å². The van der Waals surface area contributed by atoms with Crippen molar-refractivity contribution in [2.75, 3.05) is 40.1 Å². The Balaban J connectivity index is 2.54. The van der Waals surface area contributed by atoms with E-state index >= 15 is 0 Å². The van der Waals surface area contributed by atoms with Crippen LogP contribution in [0.3, 0.4) is 0 Å². The molecule has 0 saturated carbocycles. The molecule has 5 heteroatoms. The number of nitrogens with one attached hydrogen (secondary N) is 1. The molecule has 1 aromatic carbocycles. The van der Waals surface area contributed by atoms with Crippen molar-refractivity contribution in [3.63, 3.8) is 0 Å². The van der Waals surface area contributed by atoms with Crippen LogP contribution in [-0.4, -0.2) is 51.1 Å². The van der Waals surface area contributed by atoms with Crippen molar-refractivity contribution in [2.45, 2.75) is 6.92 Å². The number of ether oxygens (including phenoxy) is 2. The largest absolute Gasteiger partial charge is 0.384 e. The highest BCUT2D eigenvalue weighted by Gasteiger charge is 2.10. The lowest BCUT2D eigenvalue weighted by atomic mass is 10.0. The molecule has 5 nitrogen and oxygen atoms in total. The van der Waals surface area contributed by atoms with E-state index in [0.29, 0.717) is 31.9 Å². The number of amides is 1. The van der Waals surface area contributed by atoms with E-state index in [-0.39, 0.29) is 12.5 Å². The lowest BCUT2D eigenvalue weighted by Gasteiger charge is -2.09. The van der Waals surface area contributed by atoms with Crippen molar-refractivity contribution in [3.05, 3.63) is 34.9 Å². The summed E-state index contributed by atoms with van der Waals surface area (Å²) in [6.07, 6.45) is 0. The average Bonchev–Trinajstić information content (AvgIpc) is 2.49. The quantitative estimate of drug-likeness (QED) is 0.574. The highest BCUT2D eigenvalue weighted by Crippen LogP contribution is 2.12. The molecule has 0 unspecified atom stereocenters. The number of methoxy groups -OCH3 is 1. The Kier molecular flexibility index (Phi) is 8.14. The fourth-order valence-corrected chi connectivity index (χ4v) is 1.73. The van der Waals surface area contributed by atoms with Crippen LogP contribution in [0, 0.1) is 18.8 Å². The standard InChI is InChI=1S/C16H21NO4/c1-13-14(6-4-9-18)5-3-7-15(13)16(19)17-8-10-21-12-11-20-2/h3,5,7,18H,8-12H2,1-2H3,(H,17,19). The molecule has 0 aliphatic heterocycles. The van der Waals surface area contributed by atoms with E-state index in [9.17, 15) is 4.79 Å². The number of carbonyl (C=O) groups is 1. The molecule has 2 N–H and O–H groups in total. The molecule has 1 amide bonds. The summed E-state index contributed by atoms with van der Waals surface area (Å²) in [6.45, 7) is 3.57. The van der Waals surface area contributed by atoms with Gasteiger partial charge in [0.15, 0.2) is 0 Å². The first-order chi connectivity index (χ1) is 10.2. The maximum atomic E-state index is 12.1. The zero-order valence-corrected chi connectivity index (χ0v) is 12.4. The molecule has 0 saturated heterocycles. The van der Waals surface area contributed by atoms with Crippen molar-refractivity contribution in [3.8, 4) is 11.8 Å². The first-order valence-corrected chi connectivity index (χ1v) is 6.75. The zero-order chi connectivity index (χ0) is 15.5. The van der Waals surface area contributed by atoms with Gasteiger partial charge in [0.05, 0.1) is 19.8 Å². The van der Waals surface area contributed by atoms with Crippen LogP contribution in [0.4, 0.5) is 0 Å². The lowest BCUT2D eigenvalue weighted by Crippen LogP contribution is -2.28. The third-order valence-electron chi connectivity index (χ3n) is 2.84. The van der Waals surface area contributed by atoms with Crippen molar-refractivity contribution < 1.29 is 19.4 Å². The van der Waals surface area contributed by atoms with E-state index in [1.54, 1.807) is 19.2 Å². The number of hydrogen-bond acceptors (Lipinski definition) is 4. The highest BCUT2D eigenvalue weighted by molar-refractivity contribution is 5.96. The third kappa shape index (κ3) is 5.96. The van der Waals surface area contributed by atoms with Gasteiger partial charge < -0.3 is 19.9 Å². The van der Waals surface area contributed by atoms with E-state index in [1.165, 1.54) is 0 Å². The molecule has 21 heavy (non-hydrogen) atoms. The minimum absolute atomic E-state index is 0.157. The van der Waals surface area contributed by atoms with Crippen molar-refractivity contribution in [1.82, 2.24) is 5.32 Å². The molecule has 0 spiro atoms. The van der Waals surface area contributed by atoms with Crippen LogP contribution in [0.1, 0.15) is 21.5 Å². The van der Waals surface area contributed by atoms with Crippen LogP contribution in [0.25, 0.3) is 0 Å². The van der Waals surface area contributed by atoms with Gasteiger partial charge in [-0.25, -0.2) is 0 Å². The Hall–Kier alpha value is -1.87. The van der Waals surface area contributed by atoms with Crippen molar-refractivity contribution in [1.29, 1.82) is 0 Å². The second kappa shape index (κ2) is 9.94. The third-order valence-corrected chi connectivity index (χ3v) is 2.84. The Morgan fingerprint density at radius 3 is 2.86 bits per heavy atom. The number of rotatable bonds is 7. The summed E-state index contributed by atoms with van der Waals surface area (Å²) in [5.74, 6) is 5.26. The Labute approximate surface area is 125 Å². The smallest absolute Gasteiger partial charge is 0.251 e. The summed E-state index contributed by atoms with van der Waals surface area (Å²) >= 11 is 0. The summed E-state index contributed by atoms with van der Waals surface area (Å²) in [4.78, 5) is 12.1. The fraction of sp³-hybridized carbons (Fsp3) is 0.438. The molecular weight excluding hydrogens is 270 g/mol. The molecule has 0 bridgehead atoms. The van der Waals surface area contributed by atoms with Gasteiger partial charge in [0, 0.05) is 24.8 Å². The fourth-order valence-electron chi connectivity index (χ4n) is 1.73. The first kappa shape index (κ1) is 17.2.